The van der Waals surface area contributed by atoms with Gasteiger partial charge in [0.15, 0.2) is 0 Å². The maximum atomic E-state index is 14.0. The Morgan fingerprint density at radius 3 is 2.28 bits per heavy atom. The fourth-order valence-electron chi connectivity index (χ4n) is 7.40. The topological polar surface area (TPSA) is 99.3 Å². The minimum absolute atomic E-state index is 0.0109. The molecular formula is C37H56N4O5. The Balaban J connectivity index is 1.44. The molecule has 9 nitrogen and oxygen atoms in total. The molecule has 254 valence electrons. The summed E-state index contributed by atoms with van der Waals surface area (Å²) >= 11 is 0. The van der Waals surface area contributed by atoms with Crippen molar-refractivity contribution in [1.29, 1.82) is 0 Å². The minimum Gasteiger partial charge on any atom is -0.456 e. The minimum atomic E-state index is -0.683. The van der Waals surface area contributed by atoms with Crippen molar-refractivity contribution in [2.45, 2.75) is 130 Å². The van der Waals surface area contributed by atoms with Crippen LogP contribution >= 0.6 is 0 Å². The number of nitrogens with one attached hydrogen (secondary N) is 1. The molecule has 1 aromatic carbocycles. The number of carbonyl (C=O) groups excluding carboxylic acids is 4. The van der Waals surface area contributed by atoms with Crippen molar-refractivity contribution in [3.8, 4) is 0 Å². The second-order valence-corrected chi connectivity index (χ2v) is 14.4. The first-order valence-corrected chi connectivity index (χ1v) is 17.4. The van der Waals surface area contributed by atoms with Crippen molar-refractivity contribution in [3.05, 3.63) is 47.0 Å². The number of benzene rings is 1. The van der Waals surface area contributed by atoms with Crippen molar-refractivity contribution < 1.29 is 23.9 Å². The van der Waals surface area contributed by atoms with E-state index in [4.69, 9.17) is 4.74 Å². The van der Waals surface area contributed by atoms with Crippen molar-refractivity contribution in [3.63, 3.8) is 0 Å². The molecule has 3 unspecified atom stereocenters. The number of amides is 3. The largest absolute Gasteiger partial charge is 0.456 e. The third kappa shape index (κ3) is 8.01. The monoisotopic (exact) mass is 636 g/mol. The first-order chi connectivity index (χ1) is 21.8. The van der Waals surface area contributed by atoms with Gasteiger partial charge in [0.05, 0.1) is 12.1 Å². The summed E-state index contributed by atoms with van der Waals surface area (Å²) in [4.78, 5) is 60.1. The Labute approximate surface area is 276 Å². The van der Waals surface area contributed by atoms with E-state index in [0.29, 0.717) is 18.5 Å². The number of likely N-dealkylation sites (N-methyl/N-ethyl adjacent to an activating group) is 1. The van der Waals surface area contributed by atoms with Crippen LogP contribution in [0.2, 0.25) is 0 Å². The van der Waals surface area contributed by atoms with E-state index in [9.17, 15) is 19.2 Å². The molecule has 1 aliphatic carbocycles. The first-order valence-electron chi connectivity index (χ1n) is 17.4. The fourth-order valence-corrected chi connectivity index (χ4v) is 7.40. The van der Waals surface area contributed by atoms with Gasteiger partial charge in [-0.1, -0.05) is 64.5 Å². The summed E-state index contributed by atoms with van der Waals surface area (Å²) in [6.07, 6.45) is 7.38. The van der Waals surface area contributed by atoms with Gasteiger partial charge in [0.2, 0.25) is 17.7 Å². The lowest BCUT2D eigenvalue weighted by molar-refractivity contribution is -0.157. The molecule has 0 spiro atoms. The number of esters is 1. The SMILES string of the molecule is C/C(=C\[C@H](C(C)C)N(C)C(=O)C(NC(=O)C1CCCCN1C(C)C)C(C)C)C(=O)N1CCCC1C(=O)O[C@@H]1CCc2ccccc21. The van der Waals surface area contributed by atoms with Gasteiger partial charge in [-0.15, -0.1) is 0 Å². The zero-order valence-corrected chi connectivity index (χ0v) is 29.3. The van der Waals surface area contributed by atoms with E-state index < -0.39 is 12.1 Å². The predicted molar refractivity (Wildman–Crippen MR) is 180 cm³/mol. The molecule has 2 saturated heterocycles. The zero-order chi connectivity index (χ0) is 33.7. The molecular weight excluding hydrogens is 580 g/mol. The lowest BCUT2D eigenvalue weighted by Gasteiger charge is -2.39. The zero-order valence-electron chi connectivity index (χ0n) is 29.3. The first kappa shape index (κ1) is 35.7. The van der Waals surface area contributed by atoms with E-state index in [1.807, 2.05) is 52.0 Å². The van der Waals surface area contributed by atoms with Crippen LogP contribution in [0.1, 0.15) is 104 Å². The quantitative estimate of drug-likeness (QED) is 0.270. The van der Waals surface area contributed by atoms with E-state index in [1.54, 1.807) is 23.8 Å². The number of ether oxygens (including phenoxy) is 1. The molecule has 0 saturated carbocycles. The summed E-state index contributed by atoms with van der Waals surface area (Å²) in [5.74, 6) is -0.931. The van der Waals surface area contributed by atoms with Crippen LogP contribution in [0.3, 0.4) is 0 Å². The lowest BCUT2D eigenvalue weighted by atomic mass is 9.95. The average Bonchev–Trinajstić information content (AvgIpc) is 3.68. The van der Waals surface area contributed by atoms with Crippen molar-refractivity contribution in [1.82, 2.24) is 20.0 Å². The summed E-state index contributed by atoms with van der Waals surface area (Å²) in [6.45, 7) is 15.3. The lowest BCUT2D eigenvalue weighted by Crippen LogP contribution is -2.58. The summed E-state index contributed by atoms with van der Waals surface area (Å²) in [5.41, 5.74) is 2.76. The van der Waals surface area contributed by atoms with Crippen LogP contribution in [0.15, 0.2) is 35.9 Å². The molecule has 2 aliphatic heterocycles. The van der Waals surface area contributed by atoms with E-state index in [-0.39, 0.29) is 59.8 Å². The third-order valence-electron chi connectivity index (χ3n) is 10.1. The molecule has 3 aliphatic rings. The Hall–Kier alpha value is -3.20. The standard InChI is InChI=1S/C37H56N4O5/c1-23(2)31(39(8)36(44)33(24(3)4)38-34(42)29-16-11-12-20-40(29)25(5)6)22-26(7)35(43)41-21-13-17-30(41)37(45)46-32-19-18-27-14-9-10-15-28(27)32/h9-10,14-15,22-25,29-33H,11-13,16-21H2,1-8H3,(H,38,42)/b26-22+/t29?,30?,31-,32-,33?/m1/s1. The fraction of sp³-hybridized carbons (Fsp3) is 0.676. The van der Waals surface area contributed by atoms with Crippen LogP contribution in [0.4, 0.5) is 0 Å². The van der Waals surface area contributed by atoms with Crippen LogP contribution in [-0.4, -0.2) is 88.7 Å². The smallest absolute Gasteiger partial charge is 0.329 e. The highest BCUT2D eigenvalue weighted by Crippen LogP contribution is 2.35. The summed E-state index contributed by atoms with van der Waals surface area (Å²) in [6, 6.07) is 6.39. The number of rotatable bonds is 11. The van der Waals surface area contributed by atoms with Crippen LogP contribution in [0.25, 0.3) is 0 Å². The number of aryl methyl sites for hydroxylation is 1. The van der Waals surface area contributed by atoms with E-state index >= 15 is 0 Å². The number of fused-ring (bicyclic) bond motifs is 1. The number of carbonyl (C=O) groups is 4. The van der Waals surface area contributed by atoms with Gasteiger partial charge in [-0.3, -0.25) is 19.3 Å². The maximum Gasteiger partial charge on any atom is 0.329 e. The highest BCUT2D eigenvalue weighted by molar-refractivity contribution is 5.96. The van der Waals surface area contributed by atoms with Gasteiger partial charge in [-0.2, -0.15) is 0 Å². The van der Waals surface area contributed by atoms with Gasteiger partial charge < -0.3 is 19.9 Å². The molecule has 0 radical (unpaired) electrons. The molecule has 2 heterocycles. The summed E-state index contributed by atoms with van der Waals surface area (Å²) < 4.78 is 5.97. The van der Waals surface area contributed by atoms with Crippen LogP contribution in [0.5, 0.6) is 0 Å². The maximum absolute atomic E-state index is 14.0. The predicted octanol–water partition coefficient (Wildman–Crippen LogP) is 5.04. The molecule has 1 aromatic rings. The number of piperidine rings is 1. The van der Waals surface area contributed by atoms with Crippen LogP contribution in [0, 0.1) is 11.8 Å². The van der Waals surface area contributed by atoms with Gasteiger partial charge >= 0.3 is 5.97 Å². The molecule has 2 fully saturated rings. The van der Waals surface area contributed by atoms with Crippen molar-refractivity contribution in [2.75, 3.05) is 20.1 Å². The molecule has 1 N–H and O–H groups in total. The summed E-state index contributed by atoms with van der Waals surface area (Å²) in [7, 11) is 1.75. The number of hydrogen-bond donors (Lipinski definition) is 1. The third-order valence-corrected chi connectivity index (χ3v) is 10.1. The Morgan fingerprint density at radius 1 is 0.913 bits per heavy atom. The van der Waals surface area contributed by atoms with E-state index in [1.165, 1.54) is 5.56 Å². The second kappa shape index (κ2) is 15.6. The average molecular weight is 637 g/mol. The Morgan fingerprint density at radius 2 is 1.61 bits per heavy atom. The van der Waals surface area contributed by atoms with Gasteiger partial charge in [-0.05, 0) is 88.8 Å². The highest BCUT2D eigenvalue weighted by atomic mass is 16.5. The summed E-state index contributed by atoms with van der Waals surface area (Å²) in [5, 5.41) is 3.10. The number of hydrogen-bond acceptors (Lipinski definition) is 6. The van der Waals surface area contributed by atoms with Crippen LogP contribution < -0.4 is 5.32 Å². The number of nitrogens with zero attached hydrogens (tertiary/aromatic N) is 3. The van der Waals surface area contributed by atoms with E-state index in [0.717, 1.165) is 50.6 Å². The van der Waals surface area contributed by atoms with Gasteiger partial charge in [0.25, 0.3) is 0 Å². The normalized spacial score (nSPS) is 23.4. The van der Waals surface area contributed by atoms with Gasteiger partial charge in [0, 0.05) is 25.2 Å². The van der Waals surface area contributed by atoms with Gasteiger partial charge in [0.1, 0.15) is 18.2 Å². The Kier molecular flexibility index (Phi) is 12.1. The number of likely N-dealkylation sites (tertiary alicyclic amines) is 2. The van der Waals surface area contributed by atoms with Crippen molar-refractivity contribution >= 4 is 23.7 Å². The molecule has 0 aromatic heterocycles. The van der Waals surface area contributed by atoms with Gasteiger partial charge in [-0.25, -0.2) is 4.79 Å². The molecule has 4 rings (SSSR count). The Bertz CT molecular complexity index is 1290. The second-order valence-electron chi connectivity index (χ2n) is 14.4. The molecule has 3 amide bonds. The van der Waals surface area contributed by atoms with E-state index in [2.05, 4.69) is 30.1 Å². The van der Waals surface area contributed by atoms with Crippen molar-refractivity contribution in [2.24, 2.45) is 11.8 Å². The molecule has 0 bridgehead atoms. The molecule has 46 heavy (non-hydrogen) atoms. The van der Waals surface area contributed by atoms with Crippen LogP contribution in [-0.2, 0) is 30.3 Å². The highest BCUT2D eigenvalue weighted by Gasteiger charge is 2.39. The molecule has 5 atom stereocenters. The molecule has 9 heteroatoms.